The van der Waals surface area contributed by atoms with E-state index in [2.05, 4.69) is 37.3 Å². The molecule has 100 valence electrons. The minimum absolute atomic E-state index is 0.247. The van der Waals surface area contributed by atoms with Gasteiger partial charge in [0.15, 0.2) is 5.79 Å². The Bertz CT molecular complexity index is 528. The number of hydrogen-bond donors (Lipinski definition) is 0. The van der Waals surface area contributed by atoms with E-state index in [9.17, 15) is 0 Å². The van der Waals surface area contributed by atoms with Crippen LogP contribution >= 0.6 is 0 Å². The Balaban J connectivity index is 1.68. The Kier molecular flexibility index (Phi) is 2.42. The van der Waals surface area contributed by atoms with Gasteiger partial charge < -0.3 is 9.47 Å². The molecule has 0 aromatic heterocycles. The molecule has 2 heteroatoms. The van der Waals surface area contributed by atoms with Gasteiger partial charge in [-0.1, -0.05) is 35.9 Å². The summed E-state index contributed by atoms with van der Waals surface area (Å²) in [5.41, 5.74) is 4.68. The highest BCUT2D eigenvalue weighted by atomic mass is 16.7. The lowest BCUT2D eigenvalue weighted by Gasteiger charge is -2.43. The number of ether oxygens (including phenoxy) is 2. The van der Waals surface area contributed by atoms with Crippen LogP contribution in [0, 0.1) is 0 Å². The minimum Gasteiger partial charge on any atom is -0.348 e. The van der Waals surface area contributed by atoms with Crippen LogP contribution in [0.5, 0.6) is 0 Å². The molecule has 1 aliphatic heterocycles. The normalized spacial score (nSPS) is 26.7. The summed E-state index contributed by atoms with van der Waals surface area (Å²) in [6, 6.07) is 8.84. The first-order chi connectivity index (χ1) is 9.24. The van der Waals surface area contributed by atoms with E-state index >= 15 is 0 Å². The Labute approximate surface area is 114 Å². The topological polar surface area (TPSA) is 18.5 Å². The Morgan fingerprint density at radius 3 is 2.37 bits per heavy atom. The second kappa shape index (κ2) is 3.94. The lowest BCUT2D eigenvalue weighted by molar-refractivity contribution is -0.183. The zero-order valence-electron chi connectivity index (χ0n) is 11.4. The first-order valence-corrected chi connectivity index (χ1v) is 7.30. The van der Waals surface area contributed by atoms with Crippen molar-refractivity contribution in [2.75, 3.05) is 13.2 Å². The van der Waals surface area contributed by atoms with E-state index in [0.29, 0.717) is 0 Å². The van der Waals surface area contributed by atoms with Gasteiger partial charge in [0.05, 0.1) is 13.2 Å². The average molecular weight is 256 g/mol. The second-order valence-corrected chi connectivity index (χ2v) is 6.10. The average Bonchev–Trinajstić information content (AvgIpc) is 2.99. The zero-order chi connectivity index (χ0) is 12.9. The van der Waals surface area contributed by atoms with Gasteiger partial charge in [-0.15, -0.1) is 0 Å². The smallest absolute Gasteiger partial charge is 0.168 e. The van der Waals surface area contributed by atoms with Crippen molar-refractivity contribution < 1.29 is 9.47 Å². The number of fused-ring (bicyclic) bond motifs is 2. The molecule has 0 radical (unpaired) electrons. The summed E-state index contributed by atoms with van der Waals surface area (Å²) >= 11 is 0. The molecule has 2 fully saturated rings. The zero-order valence-corrected chi connectivity index (χ0v) is 11.4. The number of allylic oxidation sites excluding steroid dienone is 1. The number of rotatable bonds is 0. The highest BCUT2D eigenvalue weighted by Gasteiger charge is 2.49. The lowest BCUT2D eigenvalue weighted by Crippen LogP contribution is -2.42. The van der Waals surface area contributed by atoms with Crippen molar-refractivity contribution in [2.24, 2.45) is 0 Å². The first-order valence-electron chi connectivity index (χ1n) is 7.30. The maximum absolute atomic E-state index is 5.87. The molecule has 0 atom stereocenters. The Hall–Kier alpha value is -1.12. The maximum Gasteiger partial charge on any atom is 0.168 e. The van der Waals surface area contributed by atoms with Gasteiger partial charge in [0.25, 0.3) is 0 Å². The molecule has 2 aliphatic carbocycles. The summed E-state index contributed by atoms with van der Waals surface area (Å²) in [4.78, 5) is 0. The monoisotopic (exact) mass is 256 g/mol. The van der Waals surface area contributed by atoms with E-state index in [-0.39, 0.29) is 11.2 Å². The molecular weight excluding hydrogens is 236 g/mol. The molecule has 4 rings (SSSR count). The van der Waals surface area contributed by atoms with Crippen molar-refractivity contribution in [3.8, 4) is 0 Å². The van der Waals surface area contributed by atoms with Crippen LogP contribution in [0.15, 0.2) is 29.8 Å². The third-order valence-corrected chi connectivity index (χ3v) is 5.28. The summed E-state index contributed by atoms with van der Waals surface area (Å²) in [5.74, 6) is -0.261. The van der Waals surface area contributed by atoms with E-state index in [1.54, 1.807) is 0 Å². The van der Waals surface area contributed by atoms with Gasteiger partial charge in [0, 0.05) is 18.3 Å². The molecule has 1 saturated heterocycles. The van der Waals surface area contributed by atoms with E-state index in [4.69, 9.17) is 9.47 Å². The van der Waals surface area contributed by atoms with Gasteiger partial charge >= 0.3 is 0 Å². The molecule has 0 N–H and O–H groups in total. The van der Waals surface area contributed by atoms with Crippen molar-refractivity contribution in [1.82, 2.24) is 0 Å². The standard InChI is InChI=1S/C17H20O2/c1-13-12-14-4-2-3-5-15(14)16(13)6-8-17(9-7-16)18-10-11-19-17/h2-5,12H,6-11H2,1H3. The molecule has 1 heterocycles. The van der Waals surface area contributed by atoms with Crippen LogP contribution in [-0.2, 0) is 14.9 Å². The quantitative estimate of drug-likeness (QED) is 0.705. The van der Waals surface area contributed by atoms with Gasteiger partial charge in [-0.2, -0.15) is 0 Å². The summed E-state index contributed by atoms with van der Waals surface area (Å²) < 4.78 is 11.7. The third-order valence-electron chi connectivity index (χ3n) is 5.28. The third kappa shape index (κ3) is 1.56. The Morgan fingerprint density at radius 2 is 1.63 bits per heavy atom. The molecule has 1 aromatic rings. The van der Waals surface area contributed by atoms with Crippen molar-refractivity contribution >= 4 is 6.08 Å². The number of hydrogen-bond acceptors (Lipinski definition) is 2. The highest BCUT2D eigenvalue weighted by molar-refractivity contribution is 5.69. The fourth-order valence-electron chi connectivity index (χ4n) is 4.15. The maximum atomic E-state index is 5.87. The van der Waals surface area contributed by atoms with E-state index in [1.165, 1.54) is 16.7 Å². The molecule has 0 unspecified atom stereocenters. The van der Waals surface area contributed by atoms with Crippen molar-refractivity contribution in [3.63, 3.8) is 0 Å². The fourth-order valence-corrected chi connectivity index (χ4v) is 4.15. The van der Waals surface area contributed by atoms with Crippen LogP contribution in [0.2, 0.25) is 0 Å². The predicted octanol–water partition coefficient (Wildman–Crippen LogP) is 3.66. The van der Waals surface area contributed by atoms with Crippen molar-refractivity contribution in [2.45, 2.75) is 43.8 Å². The van der Waals surface area contributed by atoms with Gasteiger partial charge in [-0.3, -0.25) is 0 Å². The second-order valence-electron chi connectivity index (χ2n) is 6.10. The van der Waals surface area contributed by atoms with Gasteiger partial charge in [-0.25, -0.2) is 0 Å². The fraction of sp³-hybridized carbons (Fsp3) is 0.529. The van der Waals surface area contributed by atoms with Crippen LogP contribution in [0.4, 0.5) is 0 Å². The summed E-state index contributed by atoms with van der Waals surface area (Å²) in [5, 5.41) is 0. The van der Waals surface area contributed by atoms with Crippen LogP contribution in [0.25, 0.3) is 6.08 Å². The largest absolute Gasteiger partial charge is 0.348 e. The van der Waals surface area contributed by atoms with Crippen LogP contribution in [-0.4, -0.2) is 19.0 Å². The van der Waals surface area contributed by atoms with Crippen molar-refractivity contribution in [3.05, 3.63) is 41.0 Å². The van der Waals surface area contributed by atoms with E-state index in [1.807, 2.05) is 0 Å². The Morgan fingerprint density at radius 1 is 0.947 bits per heavy atom. The van der Waals surface area contributed by atoms with Crippen LogP contribution in [0.3, 0.4) is 0 Å². The predicted molar refractivity (Wildman–Crippen MR) is 74.9 cm³/mol. The molecule has 1 aromatic carbocycles. The molecule has 0 bridgehead atoms. The van der Waals surface area contributed by atoms with Gasteiger partial charge in [0.1, 0.15) is 0 Å². The van der Waals surface area contributed by atoms with Gasteiger partial charge in [0.2, 0.25) is 0 Å². The van der Waals surface area contributed by atoms with Crippen molar-refractivity contribution in [1.29, 1.82) is 0 Å². The van der Waals surface area contributed by atoms with Crippen LogP contribution < -0.4 is 0 Å². The minimum atomic E-state index is -0.261. The SMILES string of the molecule is CC1=Cc2ccccc2C12CCC1(CC2)OCCO1. The summed E-state index contributed by atoms with van der Waals surface area (Å²) in [6.07, 6.45) is 6.70. The van der Waals surface area contributed by atoms with Gasteiger partial charge in [-0.05, 0) is 30.9 Å². The summed E-state index contributed by atoms with van der Waals surface area (Å²) in [7, 11) is 0. The molecule has 3 aliphatic rings. The summed E-state index contributed by atoms with van der Waals surface area (Å²) in [6.45, 7) is 3.81. The van der Waals surface area contributed by atoms with E-state index in [0.717, 1.165) is 38.9 Å². The molecule has 2 nitrogen and oxygen atoms in total. The molecule has 2 spiro atoms. The van der Waals surface area contributed by atoms with E-state index < -0.39 is 0 Å². The molecule has 1 saturated carbocycles. The lowest BCUT2D eigenvalue weighted by atomic mass is 9.66. The highest BCUT2D eigenvalue weighted by Crippen LogP contribution is 2.54. The first kappa shape index (κ1) is 11.7. The molecular formula is C17H20O2. The number of benzene rings is 1. The molecule has 19 heavy (non-hydrogen) atoms. The van der Waals surface area contributed by atoms with Crippen LogP contribution in [0.1, 0.15) is 43.7 Å². The molecule has 0 amide bonds.